The van der Waals surface area contributed by atoms with E-state index in [1.807, 2.05) is 20.8 Å². The molecular formula is C14H21NO4. The van der Waals surface area contributed by atoms with Gasteiger partial charge in [-0.2, -0.15) is 0 Å². The molecule has 1 heterocycles. The van der Waals surface area contributed by atoms with Gasteiger partial charge in [0.05, 0.1) is 0 Å². The van der Waals surface area contributed by atoms with Crippen LogP contribution >= 0.6 is 0 Å². The minimum atomic E-state index is -0.887. The van der Waals surface area contributed by atoms with Gasteiger partial charge in [-0.05, 0) is 51.4 Å². The Balaban J connectivity index is 1.86. The number of rotatable bonds is 1. The molecule has 19 heavy (non-hydrogen) atoms. The van der Waals surface area contributed by atoms with Crippen LogP contribution in [0.2, 0.25) is 0 Å². The number of carbonyl (C=O) groups excluding carboxylic acids is 1. The zero-order chi connectivity index (χ0) is 14.0. The average molecular weight is 267 g/mol. The fourth-order valence-corrected chi connectivity index (χ4v) is 4.18. The van der Waals surface area contributed by atoms with Crippen LogP contribution in [0, 0.1) is 11.3 Å². The van der Waals surface area contributed by atoms with E-state index in [-0.39, 0.29) is 17.4 Å². The number of carbonyl (C=O) groups is 2. The summed E-state index contributed by atoms with van der Waals surface area (Å²) < 4.78 is 5.40. The van der Waals surface area contributed by atoms with Gasteiger partial charge in [0.2, 0.25) is 0 Å². The van der Waals surface area contributed by atoms with Gasteiger partial charge in [-0.3, -0.25) is 4.90 Å². The number of amides is 1. The molecule has 0 aromatic heterocycles. The lowest BCUT2D eigenvalue weighted by molar-refractivity contribution is -0.143. The fraction of sp³-hybridized carbons (Fsp3) is 0.857. The Morgan fingerprint density at radius 2 is 2.05 bits per heavy atom. The molecule has 1 spiro atoms. The van der Waals surface area contributed by atoms with Crippen LogP contribution in [0.15, 0.2) is 0 Å². The zero-order valence-electron chi connectivity index (χ0n) is 11.7. The molecule has 2 saturated carbocycles. The molecule has 1 saturated heterocycles. The van der Waals surface area contributed by atoms with Crippen molar-refractivity contribution < 1.29 is 19.4 Å². The van der Waals surface area contributed by atoms with E-state index in [4.69, 9.17) is 4.74 Å². The van der Waals surface area contributed by atoms with Gasteiger partial charge in [0.15, 0.2) is 0 Å². The van der Waals surface area contributed by atoms with E-state index in [1.54, 1.807) is 0 Å². The molecule has 3 rings (SSSR count). The first kappa shape index (κ1) is 12.8. The molecule has 0 aromatic carbocycles. The predicted octanol–water partition coefficient (Wildman–Crippen LogP) is 2.25. The number of carboxylic acids is 1. The molecule has 0 radical (unpaired) electrons. The maximum atomic E-state index is 12.3. The van der Waals surface area contributed by atoms with E-state index in [9.17, 15) is 14.7 Å². The standard InChI is InChI=1S/C14H21NO4/c1-13(2,3)19-12(18)15-9-5-4-6-14(9)7-8(14)10(15)11(16)17/h8-10H,4-7H2,1-3H3,(H,16,17)/t8?,9?,10-,14?/m0/s1. The molecule has 3 fully saturated rings. The van der Waals surface area contributed by atoms with Crippen LogP contribution in [0.4, 0.5) is 4.79 Å². The number of hydrogen-bond donors (Lipinski definition) is 1. The number of carboxylic acid groups (broad SMARTS) is 1. The molecule has 0 bridgehead atoms. The molecule has 4 atom stereocenters. The van der Waals surface area contributed by atoms with E-state index < -0.39 is 23.7 Å². The summed E-state index contributed by atoms with van der Waals surface area (Å²) in [5, 5.41) is 9.43. The minimum Gasteiger partial charge on any atom is -0.480 e. The fourth-order valence-electron chi connectivity index (χ4n) is 4.18. The Kier molecular flexibility index (Phi) is 2.45. The molecule has 1 aliphatic heterocycles. The first-order valence-corrected chi connectivity index (χ1v) is 7.00. The van der Waals surface area contributed by atoms with Gasteiger partial charge in [-0.25, -0.2) is 9.59 Å². The summed E-state index contributed by atoms with van der Waals surface area (Å²) in [7, 11) is 0. The summed E-state index contributed by atoms with van der Waals surface area (Å²) in [5.74, 6) is -0.743. The number of nitrogens with zero attached hydrogens (tertiary/aromatic N) is 1. The Hall–Kier alpha value is -1.26. The molecule has 1 amide bonds. The Labute approximate surface area is 112 Å². The Morgan fingerprint density at radius 3 is 2.63 bits per heavy atom. The van der Waals surface area contributed by atoms with Crippen molar-refractivity contribution >= 4 is 12.1 Å². The summed E-state index contributed by atoms with van der Waals surface area (Å²) >= 11 is 0. The second-order valence-electron chi connectivity index (χ2n) is 7.12. The molecule has 106 valence electrons. The van der Waals surface area contributed by atoms with Crippen LogP contribution in [-0.2, 0) is 9.53 Å². The van der Waals surface area contributed by atoms with Gasteiger partial charge in [0, 0.05) is 6.04 Å². The highest BCUT2D eigenvalue weighted by atomic mass is 16.6. The highest BCUT2D eigenvalue weighted by Crippen LogP contribution is 2.70. The highest BCUT2D eigenvalue weighted by molar-refractivity contribution is 5.83. The van der Waals surface area contributed by atoms with Gasteiger partial charge >= 0.3 is 12.1 Å². The van der Waals surface area contributed by atoms with E-state index >= 15 is 0 Å². The van der Waals surface area contributed by atoms with Crippen molar-refractivity contribution in [2.24, 2.45) is 11.3 Å². The van der Waals surface area contributed by atoms with Crippen molar-refractivity contribution in [1.82, 2.24) is 4.90 Å². The van der Waals surface area contributed by atoms with Gasteiger partial charge in [0.25, 0.3) is 0 Å². The van der Waals surface area contributed by atoms with E-state index in [1.165, 1.54) is 4.90 Å². The van der Waals surface area contributed by atoms with Crippen molar-refractivity contribution in [3.63, 3.8) is 0 Å². The molecule has 3 aliphatic rings. The van der Waals surface area contributed by atoms with Crippen molar-refractivity contribution in [3.05, 3.63) is 0 Å². The monoisotopic (exact) mass is 267 g/mol. The van der Waals surface area contributed by atoms with Gasteiger partial charge in [-0.1, -0.05) is 6.42 Å². The summed E-state index contributed by atoms with van der Waals surface area (Å²) in [5.41, 5.74) is -0.487. The minimum absolute atomic E-state index is 0.0773. The van der Waals surface area contributed by atoms with Crippen molar-refractivity contribution in [2.75, 3.05) is 0 Å². The first-order chi connectivity index (χ1) is 8.76. The average Bonchev–Trinajstić information content (AvgIpc) is 2.65. The van der Waals surface area contributed by atoms with Crippen LogP contribution in [0.3, 0.4) is 0 Å². The summed E-state index contributed by atoms with van der Waals surface area (Å²) in [6.07, 6.45) is 3.57. The Bertz CT molecular complexity index is 441. The number of piperidine rings is 1. The number of aliphatic carboxylic acids is 1. The third-order valence-electron chi connectivity index (χ3n) is 4.84. The summed E-state index contributed by atoms with van der Waals surface area (Å²) in [6, 6.07) is -0.603. The van der Waals surface area contributed by atoms with Gasteiger partial charge in [-0.15, -0.1) is 0 Å². The number of hydrogen-bond acceptors (Lipinski definition) is 3. The van der Waals surface area contributed by atoms with Crippen molar-refractivity contribution in [1.29, 1.82) is 0 Å². The van der Waals surface area contributed by atoms with E-state index in [0.29, 0.717) is 0 Å². The maximum absolute atomic E-state index is 12.3. The predicted molar refractivity (Wildman–Crippen MR) is 67.7 cm³/mol. The highest BCUT2D eigenvalue weighted by Gasteiger charge is 2.74. The maximum Gasteiger partial charge on any atom is 0.411 e. The van der Waals surface area contributed by atoms with Crippen LogP contribution in [0.5, 0.6) is 0 Å². The van der Waals surface area contributed by atoms with Crippen molar-refractivity contribution in [3.8, 4) is 0 Å². The molecule has 3 unspecified atom stereocenters. The zero-order valence-corrected chi connectivity index (χ0v) is 11.7. The Morgan fingerprint density at radius 1 is 1.37 bits per heavy atom. The molecule has 0 aromatic rings. The smallest absolute Gasteiger partial charge is 0.411 e. The normalized spacial score (nSPS) is 39.7. The molecular weight excluding hydrogens is 246 g/mol. The lowest BCUT2D eigenvalue weighted by Crippen LogP contribution is -2.49. The number of likely N-dealkylation sites (tertiary alicyclic amines) is 1. The largest absolute Gasteiger partial charge is 0.480 e. The van der Waals surface area contributed by atoms with Crippen LogP contribution in [-0.4, -0.2) is 39.8 Å². The van der Waals surface area contributed by atoms with E-state index in [0.717, 1.165) is 25.7 Å². The van der Waals surface area contributed by atoms with Crippen molar-refractivity contribution in [2.45, 2.75) is 64.1 Å². The third-order valence-corrected chi connectivity index (χ3v) is 4.84. The van der Waals surface area contributed by atoms with Gasteiger partial charge in [0.1, 0.15) is 11.6 Å². The number of ether oxygens (including phenoxy) is 1. The lowest BCUT2D eigenvalue weighted by atomic mass is 10.00. The second-order valence-corrected chi connectivity index (χ2v) is 7.12. The molecule has 5 heteroatoms. The molecule has 5 nitrogen and oxygen atoms in total. The quantitative estimate of drug-likeness (QED) is 0.791. The molecule has 1 N–H and O–H groups in total. The van der Waals surface area contributed by atoms with Crippen LogP contribution in [0.1, 0.15) is 46.5 Å². The van der Waals surface area contributed by atoms with Gasteiger partial charge < -0.3 is 9.84 Å². The van der Waals surface area contributed by atoms with Crippen LogP contribution in [0.25, 0.3) is 0 Å². The van der Waals surface area contributed by atoms with Crippen LogP contribution < -0.4 is 0 Å². The summed E-state index contributed by atoms with van der Waals surface area (Å²) in [6.45, 7) is 5.42. The summed E-state index contributed by atoms with van der Waals surface area (Å²) in [4.78, 5) is 25.3. The topological polar surface area (TPSA) is 66.8 Å². The first-order valence-electron chi connectivity index (χ1n) is 7.00. The third kappa shape index (κ3) is 1.74. The SMILES string of the molecule is CC(C)(C)OC(=O)N1C2CCCC23CC3[C@H]1C(=O)O. The van der Waals surface area contributed by atoms with E-state index in [2.05, 4.69) is 0 Å². The second kappa shape index (κ2) is 3.64. The molecule has 2 aliphatic carbocycles. The lowest BCUT2D eigenvalue weighted by Gasteiger charge is -2.33.